The van der Waals surface area contributed by atoms with Crippen LogP contribution in [0.4, 0.5) is 5.69 Å². The molecule has 1 aromatic rings. The van der Waals surface area contributed by atoms with Crippen molar-refractivity contribution in [3.8, 4) is 0 Å². The van der Waals surface area contributed by atoms with Crippen LogP contribution in [0.5, 0.6) is 0 Å². The Morgan fingerprint density at radius 1 is 1.32 bits per heavy atom. The highest BCUT2D eigenvalue weighted by Crippen LogP contribution is 2.15. The van der Waals surface area contributed by atoms with Crippen molar-refractivity contribution in [3.05, 3.63) is 41.6 Å². The van der Waals surface area contributed by atoms with Crippen LogP contribution in [0.3, 0.4) is 0 Å². The molecule has 1 saturated heterocycles. The molecule has 1 amide bonds. The number of amidine groups is 1. The van der Waals surface area contributed by atoms with Gasteiger partial charge in [-0.2, -0.15) is 4.99 Å². The molecule has 0 unspecified atom stereocenters. The zero-order valence-corrected chi connectivity index (χ0v) is 12.5. The Morgan fingerprint density at radius 3 is 2.73 bits per heavy atom. The predicted molar refractivity (Wildman–Crippen MR) is 87.0 cm³/mol. The minimum Gasteiger partial charge on any atom is -0.361 e. The van der Waals surface area contributed by atoms with Crippen LogP contribution in [0, 0.1) is 12.3 Å². The number of likely N-dealkylation sites (tertiary alicyclic amines) is 1. The van der Waals surface area contributed by atoms with Crippen LogP contribution in [-0.4, -0.2) is 35.7 Å². The van der Waals surface area contributed by atoms with Gasteiger partial charge in [-0.3, -0.25) is 15.5 Å². The normalized spacial score (nSPS) is 20.1. The molecule has 0 bridgehead atoms. The first-order valence-electron chi connectivity index (χ1n) is 7.41. The number of hydrogen-bond donors (Lipinski definition) is 3. The van der Waals surface area contributed by atoms with Crippen molar-refractivity contribution < 1.29 is 4.79 Å². The van der Waals surface area contributed by atoms with Crippen molar-refractivity contribution in [2.75, 3.05) is 18.4 Å². The molecule has 6 nitrogen and oxygen atoms in total. The highest BCUT2D eigenvalue weighted by atomic mass is 16.2. The summed E-state index contributed by atoms with van der Waals surface area (Å²) < 4.78 is 0. The second-order valence-corrected chi connectivity index (χ2v) is 5.45. The van der Waals surface area contributed by atoms with Gasteiger partial charge in [0.1, 0.15) is 0 Å². The van der Waals surface area contributed by atoms with E-state index >= 15 is 0 Å². The lowest BCUT2D eigenvalue weighted by atomic mass is 10.2. The fraction of sp³-hybridized carbons (Fsp3) is 0.312. The molecule has 1 fully saturated rings. The number of guanidine groups is 1. The van der Waals surface area contributed by atoms with Gasteiger partial charge in [-0.1, -0.05) is 18.2 Å². The molecule has 0 aromatic heterocycles. The standard InChI is InChI=1S/C16H19N5O/c1-11-6-2-3-7-13(11)18-10-12-14(17)19-16(20-15(12)22)21-8-4-5-9-21/h2-3,6-7,10,18H,4-5,8-9H2,1H3,(H2,17,19,20,22)/b12-10+. The highest BCUT2D eigenvalue weighted by molar-refractivity contribution is 6.28. The van der Waals surface area contributed by atoms with Gasteiger partial charge in [-0.05, 0) is 31.4 Å². The van der Waals surface area contributed by atoms with Gasteiger partial charge < -0.3 is 10.2 Å². The maximum atomic E-state index is 12.2. The molecule has 22 heavy (non-hydrogen) atoms. The van der Waals surface area contributed by atoms with Crippen LogP contribution in [0.15, 0.2) is 41.0 Å². The average Bonchev–Trinajstić information content (AvgIpc) is 3.02. The molecule has 1 aromatic carbocycles. The number of benzene rings is 1. The van der Waals surface area contributed by atoms with Crippen molar-refractivity contribution >= 4 is 23.4 Å². The van der Waals surface area contributed by atoms with Gasteiger partial charge in [-0.25, -0.2) is 0 Å². The lowest BCUT2D eigenvalue weighted by molar-refractivity contribution is -0.115. The summed E-state index contributed by atoms with van der Waals surface area (Å²) in [5, 5.41) is 13.9. The number of anilines is 1. The minimum atomic E-state index is -0.289. The van der Waals surface area contributed by atoms with E-state index in [0.29, 0.717) is 5.96 Å². The number of carbonyl (C=O) groups is 1. The van der Waals surface area contributed by atoms with Crippen LogP contribution >= 0.6 is 0 Å². The van der Waals surface area contributed by atoms with Crippen molar-refractivity contribution in [1.29, 1.82) is 5.41 Å². The summed E-state index contributed by atoms with van der Waals surface area (Å²) in [6.07, 6.45) is 3.74. The minimum absolute atomic E-state index is 0.00765. The van der Waals surface area contributed by atoms with Gasteiger partial charge in [0.2, 0.25) is 5.96 Å². The Balaban J connectivity index is 1.77. The summed E-state index contributed by atoms with van der Waals surface area (Å²) in [5.41, 5.74) is 2.22. The first-order chi connectivity index (χ1) is 10.6. The van der Waals surface area contributed by atoms with Crippen molar-refractivity contribution in [3.63, 3.8) is 0 Å². The summed E-state index contributed by atoms with van der Waals surface area (Å²) in [4.78, 5) is 18.4. The largest absolute Gasteiger partial charge is 0.361 e. The number of para-hydroxylation sites is 1. The van der Waals surface area contributed by atoms with E-state index < -0.39 is 0 Å². The smallest absolute Gasteiger partial charge is 0.263 e. The second kappa shape index (κ2) is 6.01. The second-order valence-electron chi connectivity index (χ2n) is 5.45. The Bertz CT molecular complexity index is 671. The van der Waals surface area contributed by atoms with Crippen LogP contribution in [0.25, 0.3) is 0 Å². The molecule has 6 heteroatoms. The lowest BCUT2D eigenvalue weighted by Gasteiger charge is -2.24. The number of rotatable bonds is 2. The van der Waals surface area contributed by atoms with Gasteiger partial charge in [0.15, 0.2) is 5.84 Å². The van der Waals surface area contributed by atoms with Crippen molar-refractivity contribution in [2.24, 2.45) is 4.99 Å². The molecule has 2 heterocycles. The third-order valence-corrected chi connectivity index (χ3v) is 3.87. The van der Waals surface area contributed by atoms with E-state index in [4.69, 9.17) is 5.41 Å². The van der Waals surface area contributed by atoms with Crippen molar-refractivity contribution in [2.45, 2.75) is 19.8 Å². The van der Waals surface area contributed by atoms with E-state index in [2.05, 4.69) is 15.6 Å². The van der Waals surface area contributed by atoms with E-state index in [9.17, 15) is 4.79 Å². The van der Waals surface area contributed by atoms with Crippen LogP contribution < -0.4 is 10.6 Å². The fourth-order valence-electron chi connectivity index (χ4n) is 2.57. The number of nitrogens with zero attached hydrogens (tertiary/aromatic N) is 2. The molecule has 114 valence electrons. The Hall–Kier alpha value is -2.63. The van der Waals surface area contributed by atoms with Crippen LogP contribution in [-0.2, 0) is 4.79 Å². The molecular formula is C16H19N5O. The van der Waals surface area contributed by atoms with Gasteiger partial charge in [-0.15, -0.1) is 0 Å². The Labute approximate surface area is 129 Å². The number of hydrogen-bond acceptors (Lipinski definition) is 4. The molecule has 3 N–H and O–H groups in total. The van der Waals surface area contributed by atoms with E-state index in [1.165, 1.54) is 0 Å². The summed E-state index contributed by atoms with van der Waals surface area (Å²) in [5.74, 6) is 0.204. The third-order valence-electron chi connectivity index (χ3n) is 3.87. The first kappa shape index (κ1) is 14.3. The molecule has 0 atom stereocenters. The molecule has 0 spiro atoms. The van der Waals surface area contributed by atoms with E-state index in [-0.39, 0.29) is 17.3 Å². The fourth-order valence-corrected chi connectivity index (χ4v) is 2.57. The molecule has 0 saturated carbocycles. The van der Waals surface area contributed by atoms with Gasteiger partial charge >= 0.3 is 0 Å². The topological polar surface area (TPSA) is 80.6 Å². The number of amides is 1. The first-order valence-corrected chi connectivity index (χ1v) is 7.41. The van der Waals surface area contributed by atoms with E-state index in [1.807, 2.05) is 36.1 Å². The SMILES string of the molecule is Cc1ccccc1N/C=C1\C(=N)N=C(N2CCCC2)NC1=O. The average molecular weight is 297 g/mol. The third kappa shape index (κ3) is 2.86. The molecule has 3 rings (SSSR count). The molecule has 0 aliphatic carbocycles. The highest BCUT2D eigenvalue weighted by Gasteiger charge is 2.27. The zero-order chi connectivity index (χ0) is 15.5. The number of aliphatic imine (C=N–C) groups is 1. The predicted octanol–water partition coefficient (Wildman–Crippen LogP) is 1.85. The maximum absolute atomic E-state index is 12.2. The van der Waals surface area contributed by atoms with Crippen molar-refractivity contribution in [1.82, 2.24) is 10.2 Å². The monoisotopic (exact) mass is 297 g/mol. The Kier molecular flexibility index (Phi) is 3.91. The molecule has 2 aliphatic rings. The molecule has 0 radical (unpaired) electrons. The van der Waals surface area contributed by atoms with Crippen LogP contribution in [0.2, 0.25) is 0 Å². The summed E-state index contributed by atoms with van der Waals surface area (Å²) in [7, 11) is 0. The van der Waals surface area contributed by atoms with Crippen LogP contribution in [0.1, 0.15) is 18.4 Å². The summed E-state index contributed by atoms with van der Waals surface area (Å²) in [6, 6.07) is 7.78. The summed E-state index contributed by atoms with van der Waals surface area (Å²) in [6.45, 7) is 3.75. The number of aryl methyl sites for hydroxylation is 1. The van der Waals surface area contributed by atoms with E-state index in [0.717, 1.165) is 37.2 Å². The molecule has 2 aliphatic heterocycles. The van der Waals surface area contributed by atoms with Gasteiger partial charge in [0, 0.05) is 25.0 Å². The molecular weight excluding hydrogens is 278 g/mol. The van der Waals surface area contributed by atoms with Gasteiger partial charge in [0.05, 0.1) is 5.57 Å². The van der Waals surface area contributed by atoms with E-state index in [1.54, 1.807) is 6.20 Å². The Morgan fingerprint density at radius 2 is 2.05 bits per heavy atom. The van der Waals surface area contributed by atoms with Gasteiger partial charge in [0.25, 0.3) is 5.91 Å². The zero-order valence-electron chi connectivity index (χ0n) is 12.5. The quantitative estimate of drug-likeness (QED) is 0.729. The maximum Gasteiger partial charge on any atom is 0.263 e. The number of nitrogens with one attached hydrogen (secondary N) is 3. The number of carbonyl (C=O) groups excluding carboxylic acids is 1. The lowest BCUT2D eigenvalue weighted by Crippen LogP contribution is -2.47. The summed E-state index contributed by atoms with van der Waals surface area (Å²) >= 11 is 0.